The number of nitrogens with zero attached hydrogens (tertiary/aromatic N) is 1. The summed E-state index contributed by atoms with van der Waals surface area (Å²) in [4.78, 5) is 14.0. The molecule has 3 atom stereocenters. The van der Waals surface area contributed by atoms with Gasteiger partial charge in [-0.2, -0.15) is 0 Å². The summed E-state index contributed by atoms with van der Waals surface area (Å²) >= 11 is 0. The van der Waals surface area contributed by atoms with E-state index in [0.29, 0.717) is 13.2 Å². The maximum Gasteiger partial charge on any atom is 0.251 e. The second-order valence-corrected chi connectivity index (χ2v) is 5.02. The van der Waals surface area contributed by atoms with Crippen LogP contribution in [0.2, 0.25) is 0 Å². The van der Waals surface area contributed by atoms with Crippen LogP contribution in [0.25, 0.3) is 0 Å². The zero-order chi connectivity index (χ0) is 13.5. The van der Waals surface area contributed by atoms with Gasteiger partial charge in [0.2, 0.25) is 0 Å². The molecule has 0 bridgehead atoms. The minimum Gasteiger partial charge on any atom is -0.393 e. The molecule has 0 aromatic heterocycles. The highest BCUT2D eigenvalue weighted by Gasteiger charge is 2.28. The minimum absolute atomic E-state index is 0.0319. The second-order valence-electron chi connectivity index (χ2n) is 5.02. The number of aliphatic hydroxyl groups excluding tert-OH is 1. The van der Waals surface area contributed by atoms with E-state index in [1.165, 1.54) is 0 Å². The zero-order valence-corrected chi connectivity index (χ0v) is 11.5. The van der Waals surface area contributed by atoms with E-state index in [1.807, 2.05) is 4.90 Å². The Morgan fingerprint density at radius 1 is 1.61 bits per heavy atom. The average Bonchev–Trinajstić information content (AvgIpc) is 2.38. The lowest BCUT2D eigenvalue weighted by molar-refractivity contribution is -0.145. The lowest BCUT2D eigenvalue weighted by Gasteiger charge is -2.35. The van der Waals surface area contributed by atoms with Gasteiger partial charge in [-0.25, -0.2) is 0 Å². The summed E-state index contributed by atoms with van der Waals surface area (Å²) < 4.78 is 5.47. The van der Waals surface area contributed by atoms with Crippen LogP contribution in [0.15, 0.2) is 12.7 Å². The summed E-state index contributed by atoms with van der Waals surface area (Å²) in [6.45, 7) is 9.15. The monoisotopic (exact) mass is 255 g/mol. The quantitative estimate of drug-likeness (QED) is 0.579. The van der Waals surface area contributed by atoms with Crippen LogP contribution in [0.4, 0.5) is 0 Å². The van der Waals surface area contributed by atoms with E-state index in [1.54, 1.807) is 19.9 Å². The Morgan fingerprint density at radius 2 is 2.33 bits per heavy atom. The average molecular weight is 255 g/mol. The lowest BCUT2D eigenvalue weighted by atomic mass is 9.93. The first kappa shape index (κ1) is 15.2. The molecule has 1 aliphatic heterocycles. The number of ether oxygens (including phenoxy) is 1. The van der Waals surface area contributed by atoms with Crippen molar-refractivity contribution < 1.29 is 14.6 Å². The summed E-state index contributed by atoms with van der Waals surface area (Å²) in [5, 5.41) is 9.61. The number of aliphatic hydroxyl groups is 1. The Labute approximate surface area is 110 Å². The first-order chi connectivity index (χ1) is 8.56. The molecule has 4 nitrogen and oxygen atoms in total. The molecule has 3 unspecified atom stereocenters. The van der Waals surface area contributed by atoms with Gasteiger partial charge in [-0.3, -0.25) is 4.79 Å². The van der Waals surface area contributed by atoms with Crippen LogP contribution in [0.5, 0.6) is 0 Å². The number of hydrogen-bond acceptors (Lipinski definition) is 3. The lowest BCUT2D eigenvalue weighted by Crippen LogP contribution is -2.47. The smallest absolute Gasteiger partial charge is 0.251 e. The number of carbonyl (C=O) groups is 1. The van der Waals surface area contributed by atoms with E-state index in [-0.39, 0.29) is 17.9 Å². The third-order valence-corrected chi connectivity index (χ3v) is 3.49. The predicted molar refractivity (Wildman–Crippen MR) is 71.2 cm³/mol. The van der Waals surface area contributed by atoms with Crippen LogP contribution >= 0.6 is 0 Å². The molecule has 1 N–H and O–H groups in total. The number of likely N-dealkylation sites (tertiary alicyclic amines) is 1. The predicted octanol–water partition coefficient (Wildman–Crippen LogP) is 1.59. The maximum absolute atomic E-state index is 12.2. The maximum atomic E-state index is 12.2. The van der Waals surface area contributed by atoms with Gasteiger partial charge < -0.3 is 14.7 Å². The molecule has 1 rings (SSSR count). The van der Waals surface area contributed by atoms with Crippen LogP contribution < -0.4 is 0 Å². The summed E-state index contributed by atoms with van der Waals surface area (Å²) in [7, 11) is 0. The van der Waals surface area contributed by atoms with E-state index >= 15 is 0 Å². The number of carbonyl (C=O) groups excluding carboxylic acids is 1. The first-order valence-electron chi connectivity index (χ1n) is 6.75. The molecule has 0 saturated carbocycles. The Balaban J connectivity index is 2.42. The highest BCUT2D eigenvalue weighted by molar-refractivity contribution is 5.80. The van der Waals surface area contributed by atoms with Gasteiger partial charge in [-0.1, -0.05) is 6.08 Å². The highest BCUT2D eigenvalue weighted by atomic mass is 16.5. The van der Waals surface area contributed by atoms with E-state index in [0.717, 1.165) is 25.8 Å². The van der Waals surface area contributed by atoms with Crippen LogP contribution in [-0.4, -0.2) is 47.8 Å². The van der Waals surface area contributed by atoms with Gasteiger partial charge in [0.1, 0.15) is 6.10 Å². The molecule has 1 aliphatic rings. The molecule has 1 fully saturated rings. The van der Waals surface area contributed by atoms with Gasteiger partial charge in [-0.05, 0) is 33.1 Å². The van der Waals surface area contributed by atoms with Crippen LogP contribution in [0.1, 0.15) is 33.1 Å². The summed E-state index contributed by atoms with van der Waals surface area (Å²) in [6.07, 6.45) is 3.74. The van der Waals surface area contributed by atoms with Crippen molar-refractivity contribution in [3.05, 3.63) is 12.7 Å². The Bertz CT molecular complexity index is 278. The zero-order valence-electron chi connectivity index (χ0n) is 11.5. The summed E-state index contributed by atoms with van der Waals surface area (Å²) in [6, 6.07) is 0. The van der Waals surface area contributed by atoms with Gasteiger partial charge in [0.15, 0.2) is 0 Å². The molecule has 104 valence electrons. The fourth-order valence-corrected chi connectivity index (χ4v) is 2.26. The second kappa shape index (κ2) is 7.54. The SMILES string of the molecule is C=CCCOC(C)C(=O)N1CCCC(C(C)O)C1. The van der Waals surface area contributed by atoms with Crippen molar-refractivity contribution in [3.63, 3.8) is 0 Å². The molecule has 0 aliphatic carbocycles. The minimum atomic E-state index is -0.405. The molecule has 1 heterocycles. The van der Waals surface area contributed by atoms with Gasteiger partial charge in [0, 0.05) is 19.0 Å². The Kier molecular flexibility index (Phi) is 6.36. The topological polar surface area (TPSA) is 49.8 Å². The van der Waals surface area contributed by atoms with E-state index in [2.05, 4.69) is 6.58 Å². The third kappa shape index (κ3) is 4.42. The molecule has 1 amide bonds. The molecular weight excluding hydrogens is 230 g/mol. The normalized spacial score (nSPS) is 23.5. The van der Waals surface area contributed by atoms with Crippen LogP contribution in [0, 0.1) is 5.92 Å². The van der Waals surface area contributed by atoms with E-state index < -0.39 is 6.10 Å². The van der Waals surface area contributed by atoms with Crippen LogP contribution in [-0.2, 0) is 9.53 Å². The van der Waals surface area contributed by atoms with E-state index in [4.69, 9.17) is 4.74 Å². The van der Waals surface area contributed by atoms with Crippen molar-refractivity contribution in [2.75, 3.05) is 19.7 Å². The largest absolute Gasteiger partial charge is 0.393 e. The number of amides is 1. The Morgan fingerprint density at radius 3 is 2.94 bits per heavy atom. The van der Waals surface area contributed by atoms with Gasteiger partial charge >= 0.3 is 0 Å². The van der Waals surface area contributed by atoms with E-state index in [9.17, 15) is 9.90 Å². The van der Waals surface area contributed by atoms with Crippen molar-refractivity contribution in [2.24, 2.45) is 5.92 Å². The molecule has 0 radical (unpaired) electrons. The van der Waals surface area contributed by atoms with Crippen molar-refractivity contribution in [3.8, 4) is 0 Å². The number of hydrogen-bond donors (Lipinski definition) is 1. The number of piperidine rings is 1. The van der Waals surface area contributed by atoms with Crippen molar-refractivity contribution in [1.82, 2.24) is 4.90 Å². The third-order valence-electron chi connectivity index (χ3n) is 3.49. The van der Waals surface area contributed by atoms with Crippen LogP contribution in [0.3, 0.4) is 0 Å². The van der Waals surface area contributed by atoms with Crippen molar-refractivity contribution in [1.29, 1.82) is 0 Å². The van der Waals surface area contributed by atoms with Gasteiger partial charge in [-0.15, -0.1) is 6.58 Å². The van der Waals surface area contributed by atoms with Crippen molar-refractivity contribution in [2.45, 2.75) is 45.3 Å². The molecule has 0 spiro atoms. The number of rotatable bonds is 6. The van der Waals surface area contributed by atoms with Gasteiger partial charge in [0.05, 0.1) is 12.7 Å². The molecule has 18 heavy (non-hydrogen) atoms. The molecule has 0 aromatic rings. The fraction of sp³-hybridized carbons (Fsp3) is 0.786. The Hall–Kier alpha value is -0.870. The molecule has 1 saturated heterocycles. The highest BCUT2D eigenvalue weighted by Crippen LogP contribution is 2.20. The first-order valence-corrected chi connectivity index (χ1v) is 6.75. The van der Waals surface area contributed by atoms with Gasteiger partial charge in [0.25, 0.3) is 5.91 Å². The molecule has 4 heteroatoms. The summed E-state index contributed by atoms with van der Waals surface area (Å²) in [5.41, 5.74) is 0. The standard InChI is InChI=1S/C14H25NO3/c1-4-5-9-18-12(3)14(17)15-8-6-7-13(10-15)11(2)16/h4,11-13,16H,1,5-10H2,2-3H3. The summed E-state index contributed by atoms with van der Waals surface area (Å²) in [5.74, 6) is 0.229. The fourth-order valence-electron chi connectivity index (χ4n) is 2.26. The molecular formula is C14H25NO3. The molecule has 0 aromatic carbocycles. The van der Waals surface area contributed by atoms with Crippen molar-refractivity contribution >= 4 is 5.91 Å².